The number of aromatic nitrogens is 5. The first-order valence-electron chi connectivity index (χ1n) is 9.08. The van der Waals surface area contributed by atoms with Crippen LogP contribution in [0.25, 0.3) is 16.9 Å². The predicted octanol–water partition coefficient (Wildman–Crippen LogP) is 3.17. The number of benzene rings is 1. The second kappa shape index (κ2) is 7.03. The van der Waals surface area contributed by atoms with E-state index in [4.69, 9.17) is 4.74 Å². The van der Waals surface area contributed by atoms with Gasteiger partial charge in [0.05, 0.1) is 41.0 Å². The zero-order valence-electron chi connectivity index (χ0n) is 15.4. The van der Waals surface area contributed by atoms with Crippen LogP contribution in [0.1, 0.15) is 18.0 Å². The van der Waals surface area contributed by atoms with Crippen LogP contribution < -0.4 is 10.1 Å². The number of fused-ring (bicyclic) bond motifs is 2. The molecule has 0 aliphatic carbocycles. The van der Waals surface area contributed by atoms with Crippen molar-refractivity contribution < 1.29 is 14.1 Å². The summed E-state index contributed by atoms with van der Waals surface area (Å²) in [6.45, 7) is 0.275. The van der Waals surface area contributed by atoms with E-state index in [1.165, 1.54) is 6.07 Å². The van der Waals surface area contributed by atoms with Gasteiger partial charge in [-0.25, -0.2) is 18.9 Å². The SMILES string of the molecule is O=[N+]([O-])c1cnc(-c2cnn3ccncc23)nc1NC1CCOc2c(F)cccc21. The number of nitrogens with zero attached hydrogens (tertiary/aromatic N) is 6. The average Bonchev–Trinajstić information content (AvgIpc) is 3.18. The molecule has 1 atom stereocenters. The highest BCUT2D eigenvalue weighted by atomic mass is 19.1. The van der Waals surface area contributed by atoms with Gasteiger partial charge in [-0.3, -0.25) is 15.1 Å². The standard InChI is InChI=1S/C19H14FN7O3/c20-13-3-1-2-11-14(4-7-30-17(11)13)24-19-16(27(28)29)10-22-18(25-19)12-8-23-26-6-5-21-9-15(12)26/h1-3,5-6,8-10,14H,4,7H2,(H,22,24,25). The maximum absolute atomic E-state index is 14.1. The summed E-state index contributed by atoms with van der Waals surface area (Å²) < 4.78 is 21.1. The fraction of sp³-hybridized carbons (Fsp3) is 0.158. The fourth-order valence-electron chi connectivity index (χ4n) is 3.45. The molecular weight excluding hydrogens is 393 g/mol. The summed E-state index contributed by atoms with van der Waals surface area (Å²) in [4.78, 5) is 23.6. The second-order valence-corrected chi connectivity index (χ2v) is 6.64. The molecule has 1 N–H and O–H groups in total. The largest absolute Gasteiger partial charge is 0.490 e. The molecule has 0 spiro atoms. The average molecular weight is 407 g/mol. The fourth-order valence-corrected chi connectivity index (χ4v) is 3.45. The summed E-state index contributed by atoms with van der Waals surface area (Å²) in [5.41, 5.74) is 1.55. The molecule has 0 fully saturated rings. The topological polar surface area (TPSA) is 120 Å². The van der Waals surface area contributed by atoms with Crippen molar-refractivity contribution in [2.75, 3.05) is 11.9 Å². The quantitative estimate of drug-likeness (QED) is 0.405. The zero-order valence-corrected chi connectivity index (χ0v) is 15.4. The van der Waals surface area contributed by atoms with Crippen LogP contribution in [0.3, 0.4) is 0 Å². The van der Waals surface area contributed by atoms with Gasteiger partial charge in [-0.1, -0.05) is 12.1 Å². The van der Waals surface area contributed by atoms with E-state index < -0.39 is 16.8 Å². The Morgan fingerprint density at radius 2 is 2.20 bits per heavy atom. The lowest BCUT2D eigenvalue weighted by molar-refractivity contribution is -0.384. The van der Waals surface area contributed by atoms with Crippen molar-refractivity contribution in [1.82, 2.24) is 24.6 Å². The smallest absolute Gasteiger partial charge is 0.329 e. The lowest BCUT2D eigenvalue weighted by atomic mass is 10.0. The van der Waals surface area contributed by atoms with E-state index in [1.807, 2.05) is 0 Å². The number of rotatable bonds is 4. The van der Waals surface area contributed by atoms with Crippen LogP contribution in [0.4, 0.5) is 15.9 Å². The van der Waals surface area contributed by atoms with E-state index in [0.29, 0.717) is 23.1 Å². The van der Waals surface area contributed by atoms with Gasteiger partial charge in [0.2, 0.25) is 5.82 Å². The lowest BCUT2D eigenvalue weighted by Gasteiger charge is -2.27. The van der Waals surface area contributed by atoms with Gasteiger partial charge in [0, 0.05) is 24.4 Å². The normalized spacial score (nSPS) is 15.4. The summed E-state index contributed by atoms with van der Waals surface area (Å²) in [7, 11) is 0. The van der Waals surface area contributed by atoms with Gasteiger partial charge in [-0.15, -0.1) is 0 Å². The van der Waals surface area contributed by atoms with Gasteiger partial charge in [-0.2, -0.15) is 5.10 Å². The van der Waals surface area contributed by atoms with Crippen molar-refractivity contribution in [1.29, 1.82) is 0 Å². The molecule has 0 amide bonds. The van der Waals surface area contributed by atoms with Gasteiger partial charge < -0.3 is 10.1 Å². The second-order valence-electron chi connectivity index (χ2n) is 6.64. The Morgan fingerprint density at radius 3 is 3.07 bits per heavy atom. The predicted molar refractivity (Wildman–Crippen MR) is 104 cm³/mol. The first-order valence-corrected chi connectivity index (χ1v) is 9.08. The number of ether oxygens (including phenoxy) is 1. The van der Waals surface area contributed by atoms with Crippen LogP contribution in [0, 0.1) is 15.9 Å². The molecule has 4 heterocycles. The Labute approximate surface area is 168 Å². The maximum atomic E-state index is 14.1. The molecule has 3 aromatic heterocycles. The van der Waals surface area contributed by atoms with E-state index in [1.54, 1.807) is 41.4 Å². The zero-order chi connectivity index (χ0) is 20.7. The molecule has 0 bridgehead atoms. The van der Waals surface area contributed by atoms with Crippen molar-refractivity contribution in [3.05, 3.63) is 70.7 Å². The minimum Gasteiger partial charge on any atom is -0.490 e. The molecule has 0 radical (unpaired) electrons. The van der Waals surface area contributed by atoms with Crippen molar-refractivity contribution in [3.8, 4) is 17.1 Å². The van der Waals surface area contributed by atoms with Crippen molar-refractivity contribution in [3.63, 3.8) is 0 Å². The van der Waals surface area contributed by atoms with Crippen LogP contribution in [0.15, 0.2) is 49.2 Å². The Kier molecular flexibility index (Phi) is 4.20. The Balaban J connectivity index is 1.58. The number of anilines is 1. The third-order valence-corrected chi connectivity index (χ3v) is 4.87. The maximum Gasteiger partial charge on any atom is 0.329 e. The Hall–Kier alpha value is -4.15. The van der Waals surface area contributed by atoms with Crippen molar-refractivity contribution in [2.24, 2.45) is 0 Å². The Bertz CT molecular complexity index is 1280. The monoisotopic (exact) mass is 407 g/mol. The molecule has 1 aliphatic heterocycles. The number of nitrogens with one attached hydrogen (secondary N) is 1. The summed E-state index contributed by atoms with van der Waals surface area (Å²) >= 11 is 0. The van der Waals surface area contributed by atoms with Crippen LogP contribution in [0.2, 0.25) is 0 Å². The summed E-state index contributed by atoms with van der Waals surface area (Å²) in [5.74, 6) is -0.0319. The van der Waals surface area contributed by atoms with Crippen molar-refractivity contribution >= 4 is 17.0 Å². The van der Waals surface area contributed by atoms with Crippen LogP contribution in [0.5, 0.6) is 5.75 Å². The van der Waals surface area contributed by atoms with E-state index in [2.05, 4.69) is 25.4 Å². The van der Waals surface area contributed by atoms with Crippen molar-refractivity contribution in [2.45, 2.75) is 12.5 Å². The lowest BCUT2D eigenvalue weighted by Crippen LogP contribution is -2.22. The molecule has 1 aromatic carbocycles. The third-order valence-electron chi connectivity index (χ3n) is 4.87. The Morgan fingerprint density at radius 1 is 1.30 bits per heavy atom. The van der Waals surface area contributed by atoms with Gasteiger partial charge in [0.15, 0.2) is 17.4 Å². The summed E-state index contributed by atoms with van der Waals surface area (Å²) in [6, 6.07) is 4.20. The number of halogens is 1. The number of nitro groups is 1. The van der Waals surface area contributed by atoms with Gasteiger partial charge in [0.25, 0.3) is 0 Å². The molecule has 5 rings (SSSR count). The molecule has 150 valence electrons. The molecule has 0 saturated carbocycles. The summed E-state index contributed by atoms with van der Waals surface area (Å²) in [6.07, 6.45) is 8.09. The molecule has 0 saturated heterocycles. The summed E-state index contributed by atoms with van der Waals surface area (Å²) in [5, 5.41) is 18.9. The van der Waals surface area contributed by atoms with Gasteiger partial charge in [-0.05, 0) is 6.07 Å². The highest BCUT2D eigenvalue weighted by molar-refractivity contribution is 5.76. The molecule has 1 aliphatic rings. The number of para-hydroxylation sites is 1. The number of hydrogen-bond donors (Lipinski definition) is 1. The first kappa shape index (κ1) is 17.9. The van der Waals surface area contributed by atoms with E-state index in [-0.39, 0.29) is 29.7 Å². The molecule has 1 unspecified atom stereocenters. The van der Waals surface area contributed by atoms with E-state index in [0.717, 1.165) is 6.20 Å². The highest BCUT2D eigenvalue weighted by Gasteiger charge is 2.28. The molecule has 11 heteroatoms. The van der Waals surface area contributed by atoms with Gasteiger partial charge >= 0.3 is 5.69 Å². The van der Waals surface area contributed by atoms with E-state index >= 15 is 0 Å². The number of hydrogen-bond acceptors (Lipinski definition) is 8. The molecule has 4 aromatic rings. The molecular formula is C19H14FN7O3. The minimum atomic E-state index is -0.560. The molecule has 10 nitrogen and oxygen atoms in total. The van der Waals surface area contributed by atoms with Crippen LogP contribution >= 0.6 is 0 Å². The van der Waals surface area contributed by atoms with Crippen LogP contribution in [-0.2, 0) is 0 Å². The minimum absolute atomic E-state index is 0.0374. The highest BCUT2D eigenvalue weighted by Crippen LogP contribution is 2.37. The van der Waals surface area contributed by atoms with Gasteiger partial charge in [0.1, 0.15) is 6.20 Å². The molecule has 30 heavy (non-hydrogen) atoms. The van der Waals surface area contributed by atoms with Crippen LogP contribution in [-0.4, -0.2) is 36.1 Å². The third kappa shape index (κ3) is 2.96. The first-order chi connectivity index (χ1) is 14.6. The van der Waals surface area contributed by atoms with E-state index in [9.17, 15) is 14.5 Å².